The molecule has 2 aliphatic rings. The van der Waals surface area contributed by atoms with Gasteiger partial charge >= 0.3 is 10.1 Å². The van der Waals surface area contributed by atoms with Gasteiger partial charge in [-0.3, -0.25) is 10.1 Å². The standard InChI is InChI=1S/C18H20N4O5S/c19-18-20-16-14-4-2-1-3-11(14)5-10-15(16)17(21-18)27-28(25,26)13-8-6-12(7-9-13)22(23)24/h6-9,11,14H,1-5,10H2,(H2,19,20,21)/t11-,14+/m1/s1. The van der Waals surface area contributed by atoms with Crippen LogP contribution < -0.4 is 9.92 Å². The number of rotatable bonds is 4. The first kappa shape index (κ1) is 18.6. The van der Waals surface area contributed by atoms with Gasteiger partial charge in [0, 0.05) is 23.6 Å². The highest BCUT2D eigenvalue weighted by atomic mass is 32.2. The van der Waals surface area contributed by atoms with E-state index in [2.05, 4.69) is 9.97 Å². The molecule has 2 aromatic rings. The zero-order chi connectivity index (χ0) is 19.9. The third-order valence-electron chi connectivity index (χ3n) is 5.57. The Kier molecular flexibility index (Phi) is 4.66. The van der Waals surface area contributed by atoms with E-state index >= 15 is 0 Å². The third kappa shape index (κ3) is 3.39. The van der Waals surface area contributed by atoms with E-state index in [4.69, 9.17) is 9.92 Å². The van der Waals surface area contributed by atoms with Gasteiger partial charge in [0.25, 0.3) is 5.69 Å². The van der Waals surface area contributed by atoms with Crippen molar-refractivity contribution in [3.63, 3.8) is 0 Å². The van der Waals surface area contributed by atoms with Crippen molar-refractivity contribution in [3.8, 4) is 5.88 Å². The van der Waals surface area contributed by atoms with E-state index in [0.29, 0.717) is 17.9 Å². The predicted molar refractivity (Wildman–Crippen MR) is 100 cm³/mol. The summed E-state index contributed by atoms with van der Waals surface area (Å²) >= 11 is 0. The minimum absolute atomic E-state index is 0.0149. The second-order valence-corrected chi connectivity index (χ2v) is 8.78. The second-order valence-electron chi connectivity index (χ2n) is 7.23. The molecule has 1 aromatic carbocycles. The van der Waals surface area contributed by atoms with Gasteiger partial charge in [-0.25, -0.2) is 4.98 Å². The second kappa shape index (κ2) is 7.01. The fraction of sp³-hybridized carbons (Fsp3) is 0.444. The maximum atomic E-state index is 12.7. The topological polar surface area (TPSA) is 138 Å². The molecule has 1 saturated carbocycles. The van der Waals surface area contributed by atoms with Crippen LogP contribution in [0.15, 0.2) is 29.2 Å². The number of aromatic nitrogens is 2. The SMILES string of the molecule is Nc1nc(OS(=O)(=O)c2ccc([N+](=O)[O-])cc2)c2c(n1)[C@H]1CCCC[C@@H]1CC2. The van der Waals surface area contributed by atoms with Crippen LogP contribution in [0.3, 0.4) is 0 Å². The molecule has 148 valence electrons. The lowest BCUT2D eigenvalue weighted by Gasteiger charge is -2.36. The number of benzene rings is 1. The smallest absolute Gasteiger partial charge is 0.340 e. The molecule has 1 heterocycles. The first-order valence-electron chi connectivity index (χ1n) is 9.20. The zero-order valence-corrected chi connectivity index (χ0v) is 15.9. The number of hydrogen-bond acceptors (Lipinski definition) is 8. The number of anilines is 1. The summed E-state index contributed by atoms with van der Waals surface area (Å²) in [5.41, 5.74) is 7.14. The lowest BCUT2D eigenvalue weighted by molar-refractivity contribution is -0.384. The molecular weight excluding hydrogens is 384 g/mol. The van der Waals surface area contributed by atoms with Crippen molar-refractivity contribution >= 4 is 21.8 Å². The fourth-order valence-corrected chi connectivity index (χ4v) is 5.15. The molecule has 0 bridgehead atoms. The number of nitro benzene ring substituents is 1. The van der Waals surface area contributed by atoms with Crippen molar-refractivity contribution in [1.82, 2.24) is 9.97 Å². The van der Waals surface area contributed by atoms with Crippen molar-refractivity contribution in [1.29, 1.82) is 0 Å². The Morgan fingerprint density at radius 3 is 2.54 bits per heavy atom. The number of nitrogens with two attached hydrogens (primary N) is 1. The summed E-state index contributed by atoms with van der Waals surface area (Å²) in [5, 5.41) is 10.8. The lowest BCUT2D eigenvalue weighted by atomic mass is 9.70. The minimum atomic E-state index is -4.20. The Morgan fingerprint density at radius 2 is 1.82 bits per heavy atom. The Labute approximate surface area is 162 Å². The summed E-state index contributed by atoms with van der Waals surface area (Å²) in [6.45, 7) is 0. The number of nitrogens with zero attached hydrogens (tertiary/aromatic N) is 3. The van der Waals surface area contributed by atoms with Gasteiger partial charge in [-0.2, -0.15) is 13.4 Å². The number of hydrogen-bond donors (Lipinski definition) is 1. The van der Waals surface area contributed by atoms with Gasteiger partial charge in [0.2, 0.25) is 11.8 Å². The van der Waals surface area contributed by atoms with Crippen molar-refractivity contribution in [2.45, 2.75) is 49.3 Å². The van der Waals surface area contributed by atoms with Gasteiger partial charge in [-0.05, 0) is 43.7 Å². The average molecular weight is 404 g/mol. The number of fused-ring (bicyclic) bond motifs is 3. The molecule has 0 spiro atoms. The first-order valence-corrected chi connectivity index (χ1v) is 10.6. The molecule has 9 nitrogen and oxygen atoms in total. The molecule has 2 atom stereocenters. The molecule has 0 amide bonds. The van der Waals surface area contributed by atoms with Crippen molar-refractivity contribution in [2.75, 3.05) is 5.73 Å². The van der Waals surface area contributed by atoms with Crippen LogP contribution in [0.25, 0.3) is 0 Å². The molecule has 0 unspecified atom stereocenters. The molecule has 28 heavy (non-hydrogen) atoms. The van der Waals surface area contributed by atoms with Gasteiger partial charge < -0.3 is 9.92 Å². The fourth-order valence-electron chi connectivity index (χ4n) is 4.24. The molecule has 2 aliphatic carbocycles. The first-order chi connectivity index (χ1) is 13.3. The number of nitrogen functional groups attached to an aromatic ring is 1. The molecule has 4 rings (SSSR count). The summed E-state index contributed by atoms with van der Waals surface area (Å²) in [7, 11) is -4.20. The van der Waals surface area contributed by atoms with Crippen molar-refractivity contribution < 1.29 is 17.5 Å². The van der Waals surface area contributed by atoms with E-state index in [0.717, 1.165) is 55.6 Å². The minimum Gasteiger partial charge on any atom is -0.368 e. The predicted octanol–water partition coefficient (Wildman–Crippen LogP) is 2.95. The van der Waals surface area contributed by atoms with E-state index in [1.807, 2.05) is 0 Å². The molecular formula is C18H20N4O5S. The lowest BCUT2D eigenvalue weighted by Crippen LogP contribution is -2.27. The Bertz CT molecular complexity index is 1020. The van der Waals surface area contributed by atoms with Gasteiger partial charge in [0.15, 0.2) is 0 Å². The summed E-state index contributed by atoms with van der Waals surface area (Å²) < 4.78 is 30.7. The van der Waals surface area contributed by atoms with Gasteiger partial charge in [-0.1, -0.05) is 12.8 Å². The van der Waals surface area contributed by atoms with Crippen LogP contribution in [-0.4, -0.2) is 23.3 Å². The third-order valence-corrected chi connectivity index (χ3v) is 6.80. The van der Waals surface area contributed by atoms with E-state index in [1.54, 1.807) is 0 Å². The van der Waals surface area contributed by atoms with Gasteiger partial charge in [-0.15, -0.1) is 0 Å². The summed E-state index contributed by atoms with van der Waals surface area (Å²) in [5.74, 6) is 0.741. The van der Waals surface area contributed by atoms with Gasteiger partial charge in [0.1, 0.15) is 4.90 Å². The molecule has 1 fully saturated rings. The van der Waals surface area contributed by atoms with Crippen LogP contribution in [0.4, 0.5) is 11.6 Å². The molecule has 1 aromatic heterocycles. The van der Waals surface area contributed by atoms with Crippen molar-refractivity contribution in [2.24, 2.45) is 5.92 Å². The van der Waals surface area contributed by atoms with Crippen LogP contribution >= 0.6 is 0 Å². The quantitative estimate of drug-likeness (QED) is 0.466. The van der Waals surface area contributed by atoms with Crippen molar-refractivity contribution in [3.05, 3.63) is 45.6 Å². The molecule has 2 N–H and O–H groups in total. The van der Waals surface area contributed by atoms with Crippen LogP contribution in [0.1, 0.15) is 49.3 Å². The van der Waals surface area contributed by atoms with Crippen LogP contribution in [0.2, 0.25) is 0 Å². The maximum Gasteiger partial charge on any atom is 0.340 e. The van der Waals surface area contributed by atoms with E-state index in [9.17, 15) is 18.5 Å². The van der Waals surface area contributed by atoms with Crippen LogP contribution in [0, 0.1) is 16.0 Å². The van der Waals surface area contributed by atoms with Gasteiger partial charge in [0.05, 0.1) is 10.6 Å². The van der Waals surface area contributed by atoms with Crippen LogP contribution in [-0.2, 0) is 16.5 Å². The Hall–Kier alpha value is -2.75. The monoisotopic (exact) mass is 404 g/mol. The summed E-state index contributed by atoms with van der Waals surface area (Å²) in [6.07, 6.45) is 6.05. The summed E-state index contributed by atoms with van der Waals surface area (Å²) in [6, 6.07) is 4.52. The number of nitro groups is 1. The zero-order valence-electron chi connectivity index (χ0n) is 15.1. The largest absolute Gasteiger partial charge is 0.368 e. The molecule has 10 heteroatoms. The van der Waals surface area contributed by atoms with E-state index in [1.165, 1.54) is 6.42 Å². The Morgan fingerprint density at radius 1 is 1.11 bits per heavy atom. The maximum absolute atomic E-state index is 12.7. The normalized spacial score (nSPS) is 21.4. The van der Waals surface area contributed by atoms with Crippen LogP contribution in [0.5, 0.6) is 5.88 Å². The molecule has 0 radical (unpaired) electrons. The average Bonchev–Trinajstić information content (AvgIpc) is 2.67. The highest BCUT2D eigenvalue weighted by Crippen LogP contribution is 2.46. The Balaban J connectivity index is 1.68. The number of non-ortho nitro benzene ring substituents is 1. The highest BCUT2D eigenvalue weighted by Gasteiger charge is 2.36. The van der Waals surface area contributed by atoms with E-state index < -0.39 is 15.0 Å². The van der Waals surface area contributed by atoms with E-state index in [-0.39, 0.29) is 28.3 Å². The summed E-state index contributed by atoms with van der Waals surface area (Å²) in [4.78, 5) is 18.4. The highest BCUT2D eigenvalue weighted by molar-refractivity contribution is 7.87. The molecule has 0 saturated heterocycles. The molecule has 0 aliphatic heterocycles.